The molecule has 2 unspecified atom stereocenters. The van der Waals surface area contributed by atoms with E-state index in [1.165, 1.54) is 70.6 Å². The molecule has 0 aromatic rings. The highest BCUT2D eigenvalue weighted by Gasteiger charge is 2.22. The van der Waals surface area contributed by atoms with Crippen LogP contribution in [0.3, 0.4) is 0 Å². The highest BCUT2D eigenvalue weighted by atomic mass is 16.7. The molecular formula is C74H117NO8. The summed E-state index contributed by atoms with van der Waals surface area (Å²) in [4.78, 5) is 37.3. The third-order valence-corrected chi connectivity index (χ3v) is 13.0. The number of hydrogen-bond acceptors (Lipinski definition) is 8. The van der Waals surface area contributed by atoms with Gasteiger partial charge in [-0.1, -0.05) is 261 Å². The van der Waals surface area contributed by atoms with E-state index < -0.39 is 30.3 Å². The van der Waals surface area contributed by atoms with E-state index in [1.807, 2.05) is 33.3 Å². The number of nitrogens with zero attached hydrogens (tertiary/aromatic N) is 1. The normalized spacial score (nSPS) is 13.9. The second kappa shape index (κ2) is 62.7. The average molecular weight is 1150 g/mol. The molecule has 0 heterocycles. The molecule has 0 aliphatic carbocycles. The summed E-state index contributed by atoms with van der Waals surface area (Å²) in [7, 11) is 5.89. The first-order chi connectivity index (χ1) is 40.6. The zero-order valence-corrected chi connectivity index (χ0v) is 53.0. The summed E-state index contributed by atoms with van der Waals surface area (Å²) < 4.78 is 22.6. The van der Waals surface area contributed by atoms with Crippen LogP contribution in [0.4, 0.5) is 0 Å². The van der Waals surface area contributed by atoms with Gasteiger partial charge in [-0.2, -0.15) is 0 Å². The first kappa shape index (κ1) is 77.7. The molecule has 0 aromatic carbocycles. The molecule has 9 nitrogen and oxygen atoms in total. The first-order valence-corrected chi connectivity index (χ1v) is 32.3. The van der Waals surface area contributed by atoms with Crippen molar-refractivity contribution in [3.8, 4) is 0 Å². The maximum atomic E-state index is 12.9. The number of aliphatic carboxylic acids is 1. The van der Waals surface area contributed by atoms with E-state index in [0.29, 0.717) is 23.9 Å². The fourth-order valence-electron chi connectivity index (χ4n) is 8.11. The Labute approximate surface area is 507 Å². The van der Waals surface area contributed by atoms with Gasteiger partial charge in [0.15, 0.2) is 12.4 Å². The van der Waals surface area contributed by atoms with E-state index in [-0.39, 0.29) is 32.7 Å². The zero-order chi connectivity index (χ0) is 60.5. The van der Waals surface area contributed by atoms with Crippen molar-refractivity contribution in [1.29, 1.82) is 0 Å². The molecule has 9 heteroatoms. The molecule has 0 N–H and O–H groups in total. The number of ether oxygens (including phenoxy) is 4. The number of carboxylic acid groups (broad SMARTS) is 1. The van der Waals surface area contributed by atoms with Crippen molar-refractivity contribution in [2.75, 3.05) is 47.5 Å². The number of likely N-dealkylation sites (N-methyl/N-ethyl adjacent to an activating group) is 1. The summed E-state index contributed by atoms with van der Waals surface area (Å²) in [6.07, 6.45) is 91.5. The maximum absolute atomic E-state index is 12.9. The Hall–Kier alpha value is -5.35. The molecule has 0 radical (unpaired) electrons. The van der Waals surface area contributed by atoms with Gasteiger partial charge in [0.05, 0.1) is 40.3 Å². The van der Waals surface area contributed by atoms with Crippen LogP contribution in [0.2, 0.25) is 0 Å². The lowest BCUT2D eigenvalue weighted by molar-refractivity contribution is -0.870. The number of unbranched alkanes of at least 4 members (excludes halogenated alkanes) is 14. The van der Waals surface area contributed by atoms with E-state index in [0.717, 1.165) is 109 Å². The molecule has 0 rings (SSSR count). The van der Waals surface area contributed by atoms with Crippen molar-refractivity contribution in [3.63, 3.8) is 0 Å². The van der Waals surface area contributed by atoms with Crippen molar-refractivity contribution in [2.24, 2.45) is 0 Å². The lowest BCUT2D eigenvalue weighted by Gasteiger charge is -2.26. The van der Waals surface area contributed by atoms with E-state index in [9.17, 15) is 19.5 Å². The fourth-order valence-corrected chi connectivity index (χ4v) is 8.11. The Balaban J connectivity index is 4.20. The van der Waals surface area contributed by atoms with E-state index in [4.69, 9.17) is 18.9 Å². The summed E-state index contributed by atoms with van der Waals surface area (Å²) in [6.45, 7) is 4.41. The standard InChI is InChI=1S/C74H117NO8/c1-6-8-10-12-14-16-18-20-22-24-26-27-28-29-30-31-32-33-34-35-36-37-38-39-40-41-42-43-44-45-47-49-51-53-55-57-59-61-63-65-72(77)83-70(69-82-74(73(78)79)80-67-66-75(3,4)5)68-81-71(76)64-62-60-58-56-54-52-50-48-46-25-23-21-19-17-15-13-11-9-7-2/h8-11,14-17,20-23,26-27,29-30,32-33,35-36,38-39,46,48,52,54,58,60,70,74H,6-7,12-13,18-19,24-25,28,31,34,37,40-45,47,49-51,53,55-57,59,61-69H2,1-5H3/b10-8-,11-9-,16-14-,17-15-,22-20-,23-21-,27-26-,30-29-,33-32-,36-35-,39-38-,48-46-,54-52-,60-58-. The van der Waals surface area contributed by atoms with Crippen molar-refractivity contribution in [1.82, 2.24) is 0 Å². The number of rotatable bonds is 57. The van der Waals surface area contributed by atoms with E-state index in [1.54, 1.807) is 0 Å². The van der Waals surface area contributed by atoms with Crippen LogP contribution in [0.5, 0.6) is 0 Å². The molecule has 466 valence electrons. The Kier molecular flexibility index (Phi) is 58.6. The Morgan fingerprint density at radius 1 is 0.361 bits per heavy atom. The fraction of sp³-hybridized carbons (Fsp3) is 0.581. The van der Waals surface area contributed by atoms with Crippen molar-refractivity contribution < 1.29 is 42.9 Å². The monoisotopic (exact) mass is 1150 g/mol. The smallest absolute Gasteiger partial charge is 0.306 e. The predicted molar refractivity (Wildman–Crippen MR) is 351 cm³/mol. The summed E-state index contributed by atoms with van der Waals surface area (Å²) in [5.74, 6) is -2.41. The van der Waals surface area contributed by atoms with E-state index in [2.05, 4.69) is 172 Å². The summed E-state index contributed by atoms with van der Waals surface area (Å²) in [5, 5.41) is 11.8. The Bertz CT molecular complexity index is 1960. The summed E-state index contributed by atoms with van der Waals surface area (Å²) in [5.41, 5.74) is 0. The van der Waals surface area contributed by atoms with Gasteiger partial charge in [-0.15, -0.1) is 0 Å². The van der Waals surface area contributed by atoms with Crippen molar-refractivity contribution in [2.45, 2.75) is 232 Å². The van der Waals surface area contributed by atoms with Gasteiger partial charge < -0.3 is 33.3 Å². The largest absolute Gasteiger partial charge is 0.545 e. The molecule has 0 aromatic heterocycles. The number of allylic oxidation sites excluding steroid dienone is 28. The molecule has 0 aliphatic heterocycles. The number of esters is 2. The minimum Gasteiger partial charge on any atom is -0.545 e. The second-order valence-electron chi connectivity index (χ2n) is 21.9. The van der Waals surface area contributed by atoms with Crippen LogP contribution in [0.1, 0.15) is 219 Å². The van der Waals surface area contributed by atoms with Gasteiger partial charge >= 0.3 is 11.9 Å². The molecule has 0 fully saturated rings. The van der Waals surface area contributed by atoms with Gasteiger partial charge in [-0.25, -0.2) is 0 Å². The van der Waals surface area contributed by atoms with Crippen LogP contribution in [0.15, 0.2) is 170 Å². The van der Waals surface area contributed by atoms with E-state index >= 15 is 0 Å². The molecule has 0 aliphatic rings. The van der Waals surface area contributed by atoms with Crippen LogP contribution < -0.4 is 5.11 Å². The molecule has 0 spiro atoms. The van der Waals surface area contributed by atoms with Gasteiger partial charge in [0, 0.05) is 12.8 Å². The SMILES string of the molecule is CC/C=C\C/C=C\C/C=C\C/C=C\C/C=C\C/C=C\C/C=C\C/C=C\CCCCCCCCCCCCCCCCC(=O)OC(COC(=O)CC/C=C\C/C=C\C/C=C\C/C=C\C/C=C\C/C=C\CC)COC(OCC[N+](C)(C)C)C(=O)[O-]. The molecule has 0 bridgehead atoms. The van der Waals surface area contributed by atoms with Gasteiger partial charge in [0.25, 0.3) is 0 Å². The Morgan fingerprint density at radius 3 is 1.01 bits per heavy atom. The quantitative estimate of drug-likeness (QED) is 0.0195. The molecule has 2 atom stereocenters. The number of carbonyl (C=O) groups excluding carboxylic acids is 3. The third-order valence-electron chi connectivity index (χ3n) is 13.0. The predicted octanol–water partition coefficient (Wildman–Crippen LogP) is 18.6. The van der Waals surface area contributed by atoms with Gasteiger partial charge in [0.2, 0.25) is 0 Å². The molecular weight excluding hydrogens is 1030 g/mol. The van der Waals surface area contributed by atoms with Gasteiger partial charge in [0.1, 0.15) is 13.2 Å². The lowest BCUT2D eigenvalue weighted by Crippen LogP contribution is -2.44. The van der Waals surface area contributed by atoms with Crippen molar-refractivity contribution in [3.05, 3.63) is 170 Å². The number of hydrogen-bond donors (Lipinski definition) is 0. The van der Waals surface area contributed by atoms with Crippen molar-refractivity contribution >= 4 is 17.9 Å². The number of quaternary nitrogens is 1. The maximum Gasteiger partial charge on any atom is 0.306 e. The topological polar surface area (TPSA) is 111 Å². The van der Waals surface area contributed by atoms with Crippen LogP contribution in [-0.4, -0.2) is 82.3 Å². The average Bonchev–Trinajstić information content (AvgIpc) is 3.46. The number of carboxylic acids is 1. The number of carbonyl (C=O) groups is 3. The molecule has 0 saturated heterocycles. The van der Waals surface area contributed by atoms with Crippen LogP contribution >= 0.6 is 0 Å². The third kappa shape index (κ3) is 64.1. The lowest BCUT2D eigenvalue weighted by atomic mass is 10.0. The zero-order valence-electron chi connectivity index (χ0n) is 53.0. The molecule has 83 heavy (non-hydrogen) atoms. The highest BCUT2D eigenvalue weighted by Crippen LogP contribution is 2.15. The van der Waals surface area contributed by atoms with Crippen LogP contribution in [0.25, 0.3) is 0 Å². The second-order valence-corrected chi connectivity index (χ2v) is 21.9. The minimum atomic E-state index is -1.65. The summed E-state index contributed by atoms with van der Waals surface area (Å²) in [6, 6.07) is 0. The van der Waals surface area contributed by atoms with Gasteiger partial charge in [-0.05, 0) is 116 Å². The van der Waals surface area contributed by atoms with Crippen LogP contribution in [0, 0.1) is 0 Å². The Morgan fingerprint density at radius 2 is 0.675 bits per heavy atom. The first-order valence-electron chi connectivity index (χ1n) is 32.3. The summed E-state index contributed by atoms with van der Waals surface area (Å²) >= 11 is 0. The molecule has 0 amide bonds. The molecule has 0 saturated carbocycles. The minimum absolute atomic E-state index is 0.128. The van der Waals surface area contributed by atoms with Gasteiger partial charge in [-0.3, -0.25) is 9.59 Å². The van der Waals surface area contributed by atoms with Crippen LogP contribution in [-0.2, 0) is 33.3 Å². The highest BCUT2D eigenvalue weighted by molar-refractivity contribution is 5.70.